The molecule has 2 aliphatic rings. The summed E-state index contributed by atoms with van der Waals surface area (Å²) in [7, 11) is 3.20. The van der Waals surface area contributed by atoms with Gasteiger partial charge >= 0.3 is 0 Å². The topological polar surface area (TPSA) is 55.8 Å². The Labute approximate surface area is 142 Å². The van der Waals surface area contributed by atoms with Crippen molar-refractivity contribution in [1.82, 2.24) is 4.90 Å². The van der Waals surface area contributed by atoms with Gasteiger partial charge in [0.15, 0.2) is 11.5 Å². The molecule has 5 nitrogen and oxygen atoms in total. The monoisotopic (exact) mass is 331 g/mol. The first-order valence-corrected chi connectivity index (χ1v) is 8.69. The molecule has 2 fully saturated rings. The molecular formula is C19H25NO4. The van der Waals surface area contributed by atoms with Gasteiger partial charge in [-0.15, -0.1) is 0 Å². The standard InChI is InChI=1S/C19H25NO4/c1-23-16-8-7-13(11-17(16)24-2)9-10-20-18(21)12-14-5-3-4-6-15(14)19(20)22/h7-8,11,14-15H,3-6,9-10,12H2,1-2H3/t14-,15-/m1/s1. The Morgan fingerprint density at radius 2 is 1.83 bits per heavy atom. The van der Waals surface area contributed by atoms with Crippen molar-refractivity contribution in [3.63, 3.8) is 0 Å². The predicted molar refractivity (Wildman–Crippen MR) is 90.0 cm³/mol. The van der Waals surface area contributed by atoms with Crippen molar-refractivity contribution in [1.29, 1.82) is 0 Å². The summed E-state index contributed by atoms with van der Waals surface area (Å²) in [5, 5.41) is 0. The number of likely N-dealkylation sites (tertiary alicyclic amines) is 1. The predicted octanol–water partition coefficient (Wildman–Crippen LogP) is 2.81. The average Bonchev–Trinajstić information content (AvgIpc) is 2.61. The average molecular weight is 331 g/mol. The van der Waals surface area contributed by atoms with Crippen molar-refractivity contribution >= 4 is 11.8 Å². The zero-order chi connectivity index (χ0) is 17.1. The van der Waals surface area contributed by atoms with Crippen molar-refractivity contribution in [3.8, 4) is 11.5 Å². The van der Waals surface area contributed by atoms with Crippen LogP contribution in [0.2, 0.25) is 0 Å². The smallest absolute Gasteiger partial charge is 0.232 e. The molecule has 2 atom stereocenters. The third-order valence-electron chi connectivity index (χ3n) is 5.30. The van der Waals surface area contributed by atoms with Gasteiger partial charge in [-0.2, -0.15) is 0 Å². The number of ether oxygens (including phenoxy) is 2. The minimum Gasteiger partial charge on any atom is -0.493 e. The van der Waals surface area contributed by atoms with Crippen LogP contribution < -0.4 is 9.47 Å². The van der Waals surface area contributed by atoms with Crippen LogP contribution in [0.5, 0.6) is 11.5 Å². The SMILES string of the molecule is COc1ccc(CCN2C(=O)C[C@H]3CCCC[C@H]3C2=O)cc1OC. The molecular weight excluding hydrogens is 306 g/mol. The molecule has 130 valence electrons. The lowest BCUT2D eigenvalue weighted by Gasteiger charge is -2.39. The summed E-state index contributed by atoms with van der Waals surface area (Å²) in [4.78, 5) is 26.5. The molecule has 1 aromatic rings. The van der Waals surface area contributed by atoms with E-state index in [2.05, 4.69) is 0 Å². The van der Waals surface area contributed by atoms with Crippen molar-refractivity contribution in [3.05, 3.63) is 23.8 Å². The van der Waals surface area contributed by atoms with Gasteiger partial charge in [0, 0.05) is 18.9 Å². The van der Waals surface area contributed by atoms with Gasteiger partial charge in [-0.1, -0.05) is 18.9 Å². The molecule has 1 aromatic carbocycles. The quantitative estimate of drug-likeness (QED) is 0.779. The Kier molecular flexibility index (Phi) is 5.07. The molecule has 2 amide bonds. The van der Waals surface area contributed by atoms with Crippen molar-refractivity contribution in [2.24, 2.45) is 11.8 Å². The van der Waals surface area contributed by atoms with E-state index < -0.39 is 0 Å². The minimum atomic E-state index is -0.0105. The lowest BCUT2D eigenvalue weighted by molar-refractivity contribution is -0.156. The maximum absolute atomic E-state index is 12.7. The summed E-state index contributed by atoms with van der Waals surface area (Å²) >= 11 is 0. The Bertz CT molecular complexity index is 628. The largest absolute Gasteiger partial charge is 0.493 e. The van der Waals surface area contributed by atoms with E-state index in [0.717, 1.165) is 31.2 Å². The first kappa shape index (κ1) is 16.8. The highest BCUT2D eigenvalue weighted by molar-refractivity contribution is 5.99. The zero-order valence-corrected chi connectivity index (χ0v) is 14.4. The van der Waals surface area contributed by atoms with Gasteiger partial charge in [-0.3, -0.25) is 14.5 Å². The van der Waals surface area contributed by atoms with Crippen LogP contribution in [0.25, 0.3) is 0 Å². The number of imide groups is 1. The molecule has 1 saturated heterocycles. The summed E-state index contributed by atoms with van der Waals surface area (Å²) < 4.78 is 10.5. The number of benzene rings is 1. The van der Waals surface area contributed by atoms with Crippen LogP contribution in [0.4, 0.5) is 0 Å². The van der Waals surface area contributed by atoms with E-state index in [9.17, 15) is 9.59 Å². The van der Waals surface area contributed by atoms with Crippen LogP contribution in [0.1, 0.15) is 37.7 Å². The van der Waals surface area contributed by atoms with Crippen molar-refractivity contribution in [2.75, 3.05) is 20.8 Å². The number of rotatable bonds is 5. The third-order valence-corrected chi connectivity index (χ3v) is 5.30. The summed E-state index contributed by atoms with van der Waals surface area (Å²) in [6.45, 7) is 0.441. The molecule has 1 aliphatic heterocycles. The molecule has 3 rings (SSSR count). The Hall–Kier alpha value is -2.04. The summed E-state index contributed by atoms with van der Waals surface area (Å²) in [6.07, 6.45) is 5.37. The second kappa shape index (κ2) is 7.24. The van der Waals surface area contributed by atoms with Gasteiger partial charge in [0.05, 0.1) is 14.2 Å². The highest BCUT2D eigenvalue weighted by Crippen LogP contribution is 2.37. The lowest BCUT2D eigenvalue weighted by atomic mass is 9.74. The van der Waals surface area contributed by atoms with E-state index in [4.69, 9.17) is 9.47 Å². The molecule has 5 heteroatoms. The van der Waals surface area contributed by atoms with E-state index in [1.54, 1.807) is 14.2 Å². The molecule has 0 unspecified atom stereocenters. The number of hydrogen-bond donors (Lipinski definition) is 0. The van der Waals surface area contributed by atoms with Crippen LogP contribution in [0, 0.1) is 11.8 Å². The van der Waals surface area contributed by atoms with E-state index in [-0.39, 0.29) is 23.7 Å². The second-order valence-electron chi connectivity index (χ2n) is 6.68. The Balaban J connectivity index is 1.67. The van der Waals surface area contributed by atoms with Gasteiger partial charge < -0.3 is 9.47 Å². The maximum Gasteiger partial charge on any atom is 0.232 e. The van der Waals surface area contributed by atoms with E-state index in [1.807, 2.05) is 18.2 Å². The zero-order valence-electron chi connectivity index (χ0n) is 14.4. The van der Waals surface area contributed by atoms with Gasteiger partial charge in [0.1, 0.15) is 0 Å². The molecule has 1 saturated carbocycles. The summed E-state index contributed by atoms with van der Waals surface area (Å²) in [5.41, 5.74) is 1.03. The number of piperidine rings is 1. The molecule has 1 heterocycles. The Morgan fingerprint density at radius 1 is 1.08 bits per heavy atom. The van der Waals surface area contributed by atoms with Crippen LogP contribution in [-0.4, -0.2) is 37.5 Å². The number of amides is 2. The maximum atomic E-state index is 12.7. The number of methoxy groups -OCH3 is 2. The third kappa shape index (κ3) is 3.25. The van der Waals surface area contributed by atoms with Crippen LogP contribution in [-0.2, 0) is 16.0 Å². The van der Waals surface area contributed by atoms with E-state index in [0.29, 0.717) is 30.9 Å². The number of carbonyl (C=O) groups excluding carboxylic acids is 2. The lowest BCUT2D eigenvalue weighted by Crippen LogP contribution is -2.50. The normalized spacial score (nSPS) is 23.8. The van der Waals surface area contributed by atoms with Gasteiger partial charge in [0.2, 0.25) is 11.8 Å². The minimum absolute atomic E-state index is 0.0105. The summed E-state index contributed by atoms with van der Waals surface area (Å²) in [5.74, 6) is 1.70. The Morgan fingerprint density at radius 3 is 2.58 bits per heavy atom. The first-order chi connectivity index (χ1) is 11.6. The number of hydrogen-bond acceptors (Lipinski definition) is 4. The molecule has 24 heavy (non-hydrogen) atoms. The van der Waals surface area contributed by atoms with Crippen molar-refractivity contribution in [2.45, 2.75) is 38.5 Å². The number of nitrogens with zero attached hydrogens (tertiary/aromatic N) is 1. The molecule has 0 radical (unpaired) electrons. The summed E-state index contributed by atoms with van der Waals surface area (Å²) in [6, 6.07) is 5.70. The molecule has 0 spiro atoms. The fourth-order valence-electron chi connectivity index (χ4n) is 3.95. The van der Waals surface area contributed by atoms with Crippen molar-refractivity contribution < 1.29 is 19.1 Å². The number of carbonyl (C=O) groups is 2. The second-order valence-corrected chi connectivity index (χ2v) is 6.68. The highest BCUT2D eigenvalue weighted by Gasteiger charge is 2.41. The highest BCUT2D eigenvalue weighted by atomic mass is 16.5. The number of fused-ring (bicyclic) bond motifs is 1. The fraction of sp³-hybridized carbons (Fsp3) is 0.579. The van der Waals surface area contributed by atoms with Gasteiger partial charge in [-0.25, -0.2) is 0 Å². The van der Waals surface area contributed by atoms with Crippen LogP contribution in [0.15, 0.2) is 18.2 Å². The van der Waals surface area contributed by atoms with Crippen LogP contribution in [0.3, 0.4) is 0 Å². The fourth-order valence-corrected chi connectivity index (χ4v) is 3.95. The van der Waals surface area contributed by atoms with Gasteiger partial charge in [0.25, 0.3) is 0 Å². The van der Waals surface area contributed by atoms with Gasteiger partial charge in [-0.05, 0) is 42.9 Å². The van der Waals surface area contributed by atoms with E-state index >= 15 is 0 Å². The molecule has 0 aromatic heterocycles. The molecule has 0 N–H and O–H groups in total. The molecule has 1 aliphatic carbocycles. The van der Waals surface area contributed by atoms with E-state index in [1.165, 1.54) is 4.90 Å². The first-order valence-electron chi connectivity index (χ1n) is 8.69. The molecule has 0 bridgehead atoms. The van der Waals surface area contributed by atoms with Crippen LogP contribution >= 0.6 is 0 Å².